The molecule has 0 spiro atoms. The van der Waals surface area contributed by atoms with Crippen LogP contribution in [-0.4, -0.2) is 23.1 Å². The zero-order chi connectivity index (χ0) is 11.6. The van der Waals surface area contributed by atoms with Crippen LogP contribution in [0.25, 0.3) is 0 Å². The maximum atomic E-state index is 4.38. The Labute approximate surface area is 97.7 Å². The predicted molar refractivity (Wildman–Crippen MR) is 65.4 cm³/mol. The van der Waals surface area contributed by atoms with Gasteiger partial charge in [-0.3, -0.25) is 0 Å². The maximum Gasteiger partial charge on any atom is 0.115 e. The van der Waals surface area contributed by atoms with Crippen LogP contribution in [0.15, 0.2) is 12.4 Å². The van der Waals surface area contributed by atoms with Gasteiger partial charge in [0.25, 0.3) is 0 Å². The second-order valence-corrected chi connectivity index (χ2v) is 5.71. The van der Waals surface area contributed by atoms with Crippen molar-refractivity contribution in [3.63, 3.8) is 0 Å². The van der Waals surface area contributed by atoms with E-state index in [0.717, 1.165) is 31.1 Å². The fourth-order valence-corrected chi connectivity index (χ4v) is 2.10. The van der Waals surface area contributed by atoms with Crippen molar-refractivity contribution >= 4 is 0 Å². The third kappa shape index (κ3) is 2.79. The predicted octanol–water partition coefficient (Wildman–Crippen LogP) is 1.93. The molecule has 1 atom stereocenters. The van der Waals surface area contributed by atoms with E-state index in [4.69, 9.17) is 0 Å². The molecule has 1 aromatic rings. The van der Waals surface area contributed by atoms with Gasteiger partial charge in [-0.25, -0.2) is 9.97 Å². The summed E-state index contributed by atoms with van der Waals surface area (Å²) in [6.45, 7) is 8.86. The molecule has 3 nitrogen and oxygen atoms in total. The first-order valence-corrected chi connectivity index (χ1v) is 6.08. The highest BCUT2D eigenvalue weighted by Crippen LogP contribution is 2.21. The molecule has 0 saturated carbocycles. The van der Waals surface area contributed by atoms with E-state index in [0.29, 0.717) is 0 Å². The molecule has 1 saturated heterocycles. The lowest BCUT2D eigenvalue weighted by Crippen LogP contribution is -2.16. The van der Waals surface area contributed by atoms with Crippen LogP contribution in [0.4, 0.5) is 0 Å². The van der Waals surface area contributed by atoms with Crippen molar-refractivity contribution in [3.8, 4) is 0 Å². The third-order valence-corrected chi connectivity index (χ3v) is 3.15. The van der Waals surface area contributed by atoms with Gasteiger partial charge in [0.2, 0.25) is 0 Å². The number of rotatable bonds is 2. The Morgan fingerprint density at radius 3 is 2.81 bits per heavy atom. The Balaban J connectivity index is 2.09. The number of nitrogens with zero attached hydrogens (tertiary/aromatic N) is 2. The lowest BCUT2D eigenvalue weighted by molar-refractivity contribution is 0.549. The first-order valence-electron chi connectivity index (χ1n) is 6.08. The highest BCUT2D eigenvalue weighted by Gasteiger charge is 2.19. The lowest BCUT2D eigenvalue weighted by atomic mass is 9.90. The lowest BCUT2D eigenvalue weighted by Gasteiger charge is -2.18. The van der Waals surface area contributed by atoms with Crippen molar-refractivity contribution in [1.29, 1.82) is 0 Å². The van der Waals surface area contributed by atoms with Crippen LogP contribution in [0.1, 0.15) is 38.6 Å². The van der Waals surface area contributed by atoms with Crippen LogP contribution >= 0.6 is 0 Å². The zero-order valence-corrected chi connectivity index (χ0v) is 10.5. The Morgan fingerprint density at radius 1 is 1.38 bits per heavy atom. The van der Waals surface area contributed by atoms with E-state index in [1.807, 2.05) is 0 Å². The van der Waals surface area contributed by atoms with Gasteiger partial charge in [0, 0.05) is 16.8 Å². The van der Waals surface area contributed by atoms with Crippen LogP contribution in [0.3, 0.4) is 0 Å². The molecule has 2 rings (SSSR count). The Bertz CT molecular complexity index is 348. The largest absolute Gasteiger partial charge is 0.316 e. The monoisotopic (exact) mass is 219 g/mol. The average Bonchev–Trinajstić information content (AvgIpc) is 2.70. The summed E-state index contributed by atoms with van der Waals surface area (Å²) < 4.78 is 0. The van der Waals surface area contributed by atoms with Gasteiger partial charge in [0.1, 0.15) is 6.33 Å². The second-order valence-electron chi connectivity index (χ2n) is 5.71. The molecule has 88 valence electrons. The summed E-state index contributed by atoms with van der Waals surface area (Å²) in [7, 11) is 0. The third-order valence-electron chi connectivity index (χ3n) is 3.15. The number of hydrogen-bond donors (Lipinski definition) is 1. The smallest absolute Gasteiger partial charge is 0.115 e. The number of nitrogens with one attached hydrogen (secondary N) is 1. The van der Waals surface area contributed by atoms with E-state index in [1.165, 1.54) is 12.1 Å². The molecule has 0 amide bonds. The molecule has 1 fully saturated rings. The van der Waals surface area contributed by atoms with Crippen molar-refractivity contribution < 1.29 is 0 Å². The summed E-state index contributed by atoms with van der Waals surface area (Å²) in [5.41, 5.74) is 2.45. The minimum absolute atomic E-state index is 0.117. The quantitative estimate of drug-likeness (QED) is 0.826. The molecule has 0 radical (unpaired) electrons. The molecule has 1 unspecified atom stereocenters. The molecule has 2 heterocycles. The van der Waals surface area contributed by atoms with Crippen molar-refractivity contribution in [3.05, 3.63) is 23.8 Å². The molecule has 0 aliphatic carbocycles. The minimum atomic E-state index is 0.117. The molecule has 3 heteroatoms. The molecular weight excluding hydrogens is 198 g/mol. The highest BCUT2D eigenvalue weighted by atomic mass is 14.9. The van der Waals surface area contributed by atoms with Gasteiger partial charge in [0.15, 0.2) is 0 Å². The SMILES string of the molecule is CC(C)(C)c1cc(CC2CCNC2)ncn1. The van der Waals surface area contributed by atoms with Gasteiger partial charge in [0.05, 0.1) is 0 Å². The standard InChI is InChI=1S/C13H21N3/c1-13(2,3)12-7-11(15-9-16-12)6-10-4-5-14-8-10/h7,9-10,14H,4-6,8H2,1-3H3. The molecule has 1 aliphatic rings. The van der Waals surface area contributed by atoms with E-state index in [9.17, 15) is 0 Å². The van der Waals surface area contributed by atoms with Crippen LogP contribution in [0.2, 0.25) is 0 Å². The number of aromatic nitrogens is 2. The summed E-state index contributed by atoms with van der Waals surface area (Å²) in [6, 6.07) is 2.16. The Hall–Kier alpha value is -0.960. The summed E-state index contributed by atoms with van der Waals surface area (Å²) >= 11 is 0. The van der Waals surface area contributed by atoms with E-state index >= 15 is 0 Å². The number of hydrogen-bond acceptors (Lipinski definition) is 3. The van der Waals surface area contributed by atoms with E-state index in [-0.39, 0.29) is 5.41 Å². The van der Waals surface area contributed by atoms with Gasteiger partial charge >= 0.3 is 0 Å². The van der Waals surface area contributed by atoms with Crippen molar-refractivity contribution in [2.24, 2.45) is 5.92 Å². The van der Waals surface area contributed by atoms with E-state index in [2.05, 4.69) is 42.1 Å². The molecular formula is C13H21N3. The maximum absolute atomic E-state index is 4.38. The van der Waals surface area contributed by atoms with Gasteiger partial charge in [-0.1, -0.05) is 20.8 Å². The second kappa shape index (κ2) is 4.50. The van der Waals surface area contributed by atoms with Crippen LogP contribution in [0, 0.1) is 5.92 Å². The Kier molecular flexibility index (Phi) is 3.24. The van der Waals surface area contributed by atoms with Gasteiger partial charge < -0.3 is 5.32 Å². The fourth-order valence-electron chi connectivity index (χ4n) is 2.10. The van der Waals surface area contributed by atoms with Gasteiger partial charge in [-0.2, -0.15) is 0 Å². The molecule has 0 bridgehead atoms. The highest BCUT2D eigenvalue weighted by molar-refractivity contribution is 5.16. The summed E-state index contributed by atoms with van der Waals surface area (Å²) in [5, 5.41) is 3.39. The first kappa shape index (κ1) is 11.5. The minimum Gasteiger partial charge on any atom is -0.316 e. The summed E-state index contributed by atoms with van der Waals surface area (Å²) in [5.74, 6) is 0.753. The van der Waals surface area contributed by atoms with Crippen molar-refractivity contribution in [2.45, 2.75) is 39.0 Å². The average molecular weight is 219 g/mol. The molecule has 1 N–H and O–H groups in total. The topological polar surface area (TPSA) is 37.8 Å². The van der Waals surface area contributed by atoms with Crippen molar-refractivity contribution in [2.75, 3.05) is 13.1 Å². The van der Waals surface area contributed by atoms with Crippen molar-refractivity contribution in [1.82, 2.24) is 15.3 Å². The summed E-state index contributed by atoms with van der Waals surface area (Å²) in [4.78, 5) is 8.74. The normalized spacial score (nSPS) is 21.3. The van der Waals surface area contributed by atoms with E-state index < -0.39 is 0 Å². The van der Waals surface area contributed by atoms with Gasteiger partial charge in [-0.05, 0) is 37.9 Å². The molecule has 1 aliphatic heterocycles. The van der Waals surface area contributed by atoms with Gasteiger partial charge in [-0.15, -0.1) is 0 Å². The Morgan fingerprint density at radius 2 is 2.19 bits per heavy atom. The summed E-state index contributed by atoms with van der Waals surface area (Å²) in [6.07, 6.45) is 4.06. The van der Waals surface area contributed by atoms with Crippen LogP contribution in [-0.2, 0) is 11.8 Å². The van der Waals surface area contributed by atoms with Crippen LogP contribution in [0.5, 0.6) is 0 Å². The zero-order valence-electron chi connectivity index (χ0n) is 10.5. The molecule has 1 aromatic heterocycles. The fraction of sp³-hybridized carbons (Fsp3) is 0.692. The first-order chi connectivity index (χ1) is 7.55. The molecule has 16 heavy (non-hydrogen) atoms. The van der Waals surface area contributed by atoms with E-state index in [1.54, 1.807) is 6.33 Å². The van der Waals surface area contributed by atoms with Crippen LogP contribution < -0.4 is 5.32 Å². The molecule has 0 aromatic carbocycles.